The third-order valence-corrected chi connectivity index (χ3v) is 2.93. The van der Waals surface area contributed by atoms with Crippen LogP contribution in [0.4, 0.5) is 13.2 Å². The highest BCUT2D eigenvalue weighted by molar-refractivity contribution is 9.09. The van der Waals surface area contributed by atoms with E-state index < -0.39 is 6.36 Å². The Bertz CT molecular complexity index is 384. The predicted molar refractivity (Wildman–Crippen MR) is 74.1 cm³/mol. The molecule has 1 aromatic carbocycles. The smallest absolute Gasteiger partial charge is 0.406 e. The van der Waals surface area contributed by atoms with Gasteiger partial charge in [0.1, 0.15) is 5.75 Å². The van der Waals surface area contributed by atoms with Crippen molar-refractivity contribution < 1.29 is 22.6 Å². The third-order valence-electron chi connectivity index (χ3n) is 2.58. The van der Waals surface area contributed by atoms with Gasteiger partial charge < -0.3 is 9.47 Å². The van der Waals surface area contributed by atoms with Crippen LogP contribution < -0.4 is 4.74 Å². The lowest BCUT2D eigenvalue weighted by Crippen LogP contribution is -2.28. The molecular formula is C13H17BrF3NO2. The van der Waals surface area contributed by atoms with Crippen LogP contribution in [0.15, 0.2) is 24.3 Å². The Balaban J connectivity index is 2.58. The minimum Gasteiger partial charge on any atom is -0.406 e. The summed E-state index contributed by atoms with van der Waals surface area (Å²) in [5.74, 6) is -0.204. The monoisotopic (exact) mass is 355 g/mol. The first kappa shape index (κ1) is 17.3. The maximum atomic E-state index is 12.0. The maximum Gasteiger partial charge on any atom is 0.573 e. The zero-order valence-corrected chi connectivity index (χ0v) is 12.7. The van der Waals surface area contributed by atoms with E-state index >= 15 is 0 Å². The van der Waals surface area contributed by atoms with E-state index in [0.29, 0.717) is 13.2 Å². The van der Waals surface area contributed by atoms with Crippen molar-refractivity contribution in [3.05, 3.63) is 29.8 Å². The summed E-state index contributed by atoms with van der Waals surface area (Å²) in [5, 5.41) is 0.825. The summed E-state index contributed by atoms with van der Waals surface area (Å²) in [6.45, 7) is 2.87. The van der Waals surface area contributed by atoms with Crippen LogP contribution in [0.5, 0.6) is 5.75 Å². The van der Waals surface area contributed by atoms with Gasteiger partial charge in [-0.2, -0.15) is 0 Å². The molecule has 0 fully saturated rings. The van der Waals surface area contributed by atoms with Gasteiger partial charge in [-0.1, -0.05) is 28.1 Å². The molecule has 1 rings (SSSR count). The van der Waals surface area contributed by atoms with Gasteiger partial charge in [0, 0.05) is 32.1 Å². The van der Waals surface area contributed by atoms with Gasteiger partial charge >= 0.3 is 6.36 Å². The molecule has 0 spiro atoms. The molecular weight excluding hydrogens is 339 g/mol. The number of halogens is 4. The number of ether oxygens (including phenoxy) is 2. The lowest BCUT2D eigenvalue weighted by molar-refractivity contribution is -0.274. The minimum atomic E-state index is -4.65. The van der Waals surface area contributed by atoms with Gasteiger partial charge in [0.25, 0.3) is 0 Å². The Morgan fingerprint density at radius 2 is 1.80 bits per heavy atom. The lowest BCUT2D eigenvalue weighted by Gasteiger charge is -2.21. The van der Waals surface area contributed by atoms with Gasteiger partial charge in [0.15, 0.2) is 0 Å². The number of methoxy groups -OCH3 is 1. The molecule has 0 radical (unpaired) electrons. The first-order valence-electron chi connectivity index (χ1n) is 6.06. The van der Waals surface area contributed by atoms with Crippen LogP contribution in [0, 0.1) is 0 Å². The molecule has 0 aliphatic carbocycles. The molecule has 1 aromatic rings. The lowest BCUT2D eigenvalue weighted by atomic mass is 10.2. The highest BCUT2D eigenvalue weighted by atomic mass is 79.9. The zero-order valence-electron chi connectivity index (χ0n) is 11.1. The van der Waals surface area contributed by atoms with Gasteiger partial charge in [-0.15, -0.1) is 13.2 Å². The normalized spacial score (nSPS) is 11.9. The van der Waals surface area contributed by atoms with Crippen LogP contribution in [0.1, 0.15) is 5.56 Å². The Morgan fingerprint density at radius 3 is 2.30 bits per heavy atom. The van der Waals surface area contributed by atoms with Gasteiger partial charge in [0.2, 0.25) is 0 Å². The number of benzene rings is 1. The molecule has 0 aliphatic heterocycles. The van der Waals surface area contributed by atoms with Crippen LogP contribution in [0.3, 0.4) is 0 Å². The van der Waals surface area contributed by atoms with Crippen LogP contribution in [-0.2, 0) is 11.3 Å². The molecule has 0 amide bonds. The molecule has 0 N–H and O–H groups in total. The van der Waals surface area contributed by atoms with E-state index in [0.717, 1.165) is 24.0 Å². The van der Waals surface area contributed by atoms with Crippen molar-refractivity contribution in [2.45, 2.75) is 12.9 Å². The third kappa shape index (κ3) is 7.12. The summed E-state index contributed by atoms with van der Waals surface area (Å²) in [6, 6.07) is 5.92. The van der Waals surface area contributed by atoms with E-state index in [1.165, 1.54) is 12.1 Å². The quantitative estimate of drug-likeness (QED) is 0.667. The summed E-state index contributed by atoms with van der Waals surface area (Å²) >= 11 is 3.37. The zero-order chi connectivity index (χ0) is 15.0. The second-order valence-electron chi connectivity index (χ2n) is 4.15. The van der Waals surface area contributed by atoms with Crippen molar-refractivity contribution in [2.24, 2.45) is 0 Å². The van der Waals surface area contributed by atoms with Crippen LogP contribution in [0.25, 0.3) is 0 Å². The van der Waals surface area contributed by atoms with E-state index in [1.807, 2.05) is 0 Å². The summed E-state index contributed by atoms with van der Waals surface area (Å²) in [7, 11) is 1.63. The first-order valence-corrected chi connectivity index (χ1v) is 7.18. The van der Waals surface area contributed by atoms with Crippen molar-refractivity contribution in [3.8, 4) is 5.75 Å². The Labute approximate surface area is 124 Å². The Kier molecular flexibility index (Phi) is 7.32. The van der Waals surface area contributed by atoms with Crippen LogP contribution in [0.2, 0.25) is 0 Å². The fraction of sp³-hybridized carbons (Fsp3) is 0.538. The van der Waals surface area contributed by atoms with E-state index in [1.54, 1.807) is 19.2 Å². The van der Waals surface area contributed by atoms with Gasteiger partial charge in [-0.3, -0.25) is 4.90 Å². The molecule has 0 bridgehead atoms. The summed E-state index contributed by atoms with van der Waals surface area (Å²) in [5.41, 5.74) is 0.927. The average molecular weight is 356 g/mol. The summed E-state index contributed by atoms with van der Waals surface area (Å²) in [6.07, 6.45) is -4.65. The molecule has 3 nitrogen and oxygen atoms in total. The predicted octanol–water partition coefficient (Wildman–Crippen LogP) is 3.43. The molecule has 0 heterocycles. The average Bonchev–Trinajstić information content (AvgIpc) is 2.37. The second-order valence-corrected chi connectivity index (χ2v) is 4.94. The molecule has 0 saturated heterocycles. The van der Waals surface area contributed by atoms with Crippen molar-refractivity contribution in [1.82, 2.24) is 4.90 Å². The number of hydrogen-bond acceptors (Lipinski definition) is 3. The molecule has 0 atom stereocenters. The largest absolute Gasteiger partial charge is 0.573 e. The fourth-order valence-electron chi connectivity index (χ4n) is 1.66. The van der Waals surface area contributed by atoms with Gasteiger partial charge in [-0.25, -0.2) is 0 Å². The molecule has 0 saturated carbocycles. The molecule has 7 heteroatoms. The van der Waals surface area contributed by atoms with E-state index in [4.69, 9.17) is 4.74 Å². The van der Waals surface area contributed by atoms with E-state index in [9.17, 15) is 13.2 Å². The molecule has 0 aromatic heterocycles. The van der Waals surface area contributed by atoms with Crippen molar-refractivity contribution in [1.29, 1.82) is 0 Å². The highest BCUT2D eigenvalue weighted by Crippen LogP contribution is 2.23. The SMILES string of the molecule is COCCN(CCBr)Cc1ccc(OC(F)(F)F)cc1. The number of alkyl halides is 4. The molecule has 114 valence electrons. The number of hydrogen-bond donors (Lipinski definition) is 0. The molecule has 20 heavy (non-hydrogen) atoms. The fourth-order valence-corrected chi connectivity index (χ4v) is 2.17. The van der Waals surface area contributed by atoms with Crippen LogP contribution >= 0.6 is 15.9 Å². The van der Waals surface area contributed by atoms with Crippen molar-refractivity contribution in [3.63, 3.8) is 0 Å². The first-order chi connectivity index (χ1) is 9.44. The highest BCUT2D eigenvalue weighted by Gasteiger charge is 2.30. The Hall–Kier alpha value is -0.790. The molecule has 0 unspecified atom stereocenters. The molecule has 0 aliphatic rings. The summed E-state index contributed by atoms with van der Waals surface area (Å²) < 4.78 is 45.0. The topological polar surface area (TPSA) is 21.7 Å². The number of nitrogens with zero attached hydrogens (tertiary/aromatic N) is 1. The van der Waals surface area contributed by atoms with Gasteiger partial charge in [-0.05, 0) is 17.7 Å². The van der Waals surface area contributed by atoms with Crippen molar-refractivity contribution >= 4 is 15.9 Å². The standard InChI is InChI=1S/C13H17BrF3NO2/c1-19-9-8-18(7-6-14)10-11-2-4-12(5-3-11)20-13(15,16)17/h2-5H,6-10H2,1H3. The minimum absolute atomic E-state index is 0.204. The second kappa shape index (κ2) is 8.49. The Morgan fingerprint density at radius 1 is 1.15 bits per heavy atom. The number of rotatable bonds is 8. The van der Waals surface area contributed by atoms with E-state index in [-0.39, 0.29) is 5.75 Å². The van der Waals surface area contributed by atoms with Crippen LogP contribution in [-0.4, -0.2) is 43.4 Å². The summed E-state index contributed by atoms with van der Waals surface area (Å²) in [4.78, 5) is 2.15. The maximum absolute atomic E-state index is 12.0. The van der Waals surface area contributed by atoms with Gasteiger partial charge in [0.05, 0.1) is 6.61 Å². The van der Waals surface area contributed by atoms with E-state index in [2.05, 4.69) is 25.6 Å². The van der Waals surface area contributed by atoms with Crippen molar-refractivity contribution in [2.75, 3.05) is 32.1 Å².